The van der Waals surface area contributed by atoms with Crippen LogP contribution in [0.4, 0.5) is 4.39 Å². The second-order valence-corrected chi connectivity index (χ2v) is 5.36. The van der Waals surface area contributed by atoms with Gasteiger partial charge in [0.15, 0.2) is 0 Å². The molecule has 0 amide bonds. The summed E-state index contributed by atoms with van der Waals surface area (Å²) in [6.07, 6.45) is 3.69. The summed E-state index contributed by atoms with van der Waals surface area (Å²) < 4.78 is 19.5. The van der Waals surface area contributed by atoms with E-state index in [1.807, 2.05) is 6.92 Å². The van der Waals surface area contributed by atoms with Gasteiger partial charge in [0, 0.05) is 17.1 Å². The highest BCUT2D eigenvalue weighted by atomic mass is 79.9. The Kier molecular flexibility index (Phi) is 7.28. The van der Waals surface area contributed by atoms with Crippen LogP contribution in [0.1, 0.15) is 33.1 Å². The monoisotopic (exact) mass is 317 g/mol. The molecule has 0 aliphatic rings. The van der Waals surface area contributed by atoms with E-state index in [0.29, 0.717) is 10.2 Å². The Balaban J connectivity index is 2.28. The largest absolute Gasteiger partial charge is 0.489 e. The first-order chi connectivity index (χ1) is 8.61. The predicted octanol–water partition coefficient (Wildman–Crippen LogP) is 4.14. The highest BCUT2D eigenvalue weighted by Gasteiger charge is 2.05. The summed E-state index contributed by atoms with van der Waals surface area (Å²) in [5.74, 6) is 0.271. The molecule has 0 fully saturated rings. The van der Waals surface area contributed by atoms with E-state index < -0.39 is 0 Å². The van der Waals surface area contributed by atoms with Crippen LogP contribution in [-0.4, -0.2) is 19.2 Å². The zero-order chi connectivity index (χ0) is 13.4. The number of unbranched alkanes of at least 4 members (excludes halogenated alkanes) is 2. The molecule has 102 valence electrons. The number of halogens is 2. The molecule has 1 rings (SSSR count). The van der Waals surface area contributed by atoms with Crippen LogP contribution in [0.3, 0.4) is 0 Å². The minimum atomic E-state index is -0.289. The Hall–Kier alpha value is -0.610. The van der Waals surface area contributed by atoms with Crippen LogP contribution in [0.25, 0.3) is 0 Å². The molecule has 1 aromatic rings. The van der Waals surface area contributed by atoms with Gasteiger partial charge in [-0.15, -0.1) is 0 Å². The molecule has 0 aliphatic carbocycles. The van der Waals surface area contributed by atoms with E-state index in [2.05, 4.69) is 28.2 Å². The summed E-state index contributed by atoms with van der Waals surface area (Å²) >= 11 is 3.25. The van der Waals surface area contributed by atoms with Crippen molar-refractivity contribution in [2.45, 2.75) is 39.2 Å². The Bertz CT molecular complexity index is 339. The van der Waals surface area contributed by atoms with E-state index in [1.54, 1.807) is 6.07 Å². The molecule has 0 aliphatic heterocycles. The fraction of sp³-hybridized carbons (Fsp3) is 0.571. The normalized spacial score (nSPS) is 12.4. The van der Waals surface area contributed by atoms with Crippen molar-refractivity contribution < 1.29 is 9.13 Å². The van der Waals surface area contributed by atoms with Crippen LogP contribution < -0.4 is 10.1 Å². The van der Waals surface area contributed by atoms with Crippen LogP contribution in [0.5, 0.6) is 5.75 Å². The van der Waals surface area contributed by atoms with Crippen LogP contribution in [0, 0.1) is 5.82 Å². The van der Waals surface area contributed by atoms with Crippen LogP contribution in [-0.2, 0) is 0 Å². The quantitative estimate of drug-likeness (QED) is 0.728. The minimum absolute atomic E-state index is 0.0281. The Morgan fingerprint density at radius 2 is 2.11 bits per heavy atom. The van der Waals surface area contributed by atoms with E-state index >= 15 is 0 Å². The summed E-state index contributed by atoms with van der Waals surface area (Å²) in [6.45, 7) is 5.95. The Morgan fingerprint density at radius 3 is 2.78 bits per heavy atom. The summed E-state index contributed by atoms with van der Waals surface area (Å²) in [7, 11) is 0. The van der Waals surface area contributed by atoms with Crippen molar-refractivity contribution in [3.8, 4) is 5.75 Å². The second kappa shape index (κ2) is 8.48. The third-order valence-corrected chi connectivity index (χ3v) is 3.02. The lowest BCUT2D eigenvalue weighted by Crippen LogP contribution is -2.29. The van der Waals surface area contributed by atoms with Gasteiger partial charge in [-0.05, 0) is 32.0 Å². The van der Waals surface area contributed by atoms with Gasteiger partial charge in [0.05, 0.1) is 0 Å². The molecule has 18 heavy (non-hydrogen) atoms. The first kappa shape index (κ1) is 15.4. The molecule has 1 N–H and O–H groups in total. The smallest absolute Gasteiger partial charge is 0.128 e. The van der Waals surface area contributed by atoms with Gasteiger partial charge in [0.25, 0.3) is 0 Å². The molecule has 0 bridgehead atoms. The number of benzene rings is 1. The third-order valence-electron chi connectivity index (χ3n) is 2.56. The summed E-state index contributed by atoms with van der Waals surface area (Å²) in [4.78, 5) is 0. The van der Waals surface area contributed by atoms with Crippen molar-refractivity contribution in [3.63, 3.8) is 0 Å². The van der Waals surface area contributed by atoms with E-state index in [4.69, 9.17) is 4.74 Å². The summed E-state index contributed by atoms with van der Waals surface area (Å²) in [5.41, 5.74) is 0. The number of ether oxygens (including phenoxy) is 1. The van der Waals surface area contributed by atoms with Gasteiger partial charge in [0.2, 0.25) is 0 Å². The van der Waals surface area contributed by atoms with Gasteiger partial charge in [-0.3, -0.25) is 0 Å². The molecule has 1 aromatic carbocycles. The molecule has 0 aromatic heterocycles. The fourth-order valence-electron chi connectivity index (χ4n) is 1.68. The maximum atomic E-state index is 13.1. The molecule has 0 spiro atoms. The van der Waals surface area contributed by atoms with Crippen LogP contribution in [0.2, 0.25) is 0 Å². The standard InChI is InChI=1S/C14H21BrFNO/c1-3-4-5-6-17-10-11(2)18-14-8-12(15)7-13(16)9-14/h7-9,11,17H,3-6,10H2,1-2H3. The highest BCUT2D eigenvalue weighted by Crippen LogP contribution is 2.21. The van der Waals surface area contributed by atoms with Gasteiger partial charge >= 0.3 is 0 Å². The van der Waals surface area contributed by atoms with E-state index in [-0.39, 0.29) is 11.9 Å². The topological polar surface area (TPSA) is 21.3 Å². The van der Waals surface area contributed by atoms with Crippen LogP contribution in [0.15, 0.2) is 22.7 Å². The van der Waals surface area contributed by atoms with Gasteiger partial charge in [-0.1, -0.05) is 35.7 Å². The molecule has 0 saturated heterocycles. The van der Waals surface area contributed by atoms with Crippen molar-refractivity contribution in [2.24, 2.45) is 0 Å². The minimum Gasteiger partial charge on any atom is -0.489 e. The average molecular weight is 318 g/mol. The maximum absolute atomic E-state index is 13.1. The molecule has 0 radical (unpaired) electrons. The number of hydrogen-bond acceptors (Lipinski definition) is 2. The van der Waals surface area contributed by atoms with Gasteiger partial charge in [-0.2, -0.15) is 0 Å². The first-order valence-corrected chi connectivity index (χ1v) is 7.24. The predicted molar refractivity (Wildman–Crippen MR) is 76.6 cm³/mol. The molecular formula is C14H21BrFNO. The van der Waals surface area contributed by atoms with Crippen molar-refractivity contribution in [1.29, 1.82) is 0 Å². The third kappa shape index (κ3) is 6.36. The second-order valence-electron chi connectivity index (χ2n) is 4.44. The molecule has 0 saturated carbocycles. The molecule has 2 nitrogen and oxygen atoms in total. The lowest BCUT2D eigenvalue weighted by molar-refractivity contribution is 0.216. The lowest BCUT2D eigenvalue weighted by Gasteiger charge is -2.15. The zero-order valence-electron chi connectivity index (χ0n) is 11.0. The van der Waals surface area contributed by atoms with Crippen molar-refractivity contribution in [2.75, 3.05) is 13.1 Å². The number of rotatable bonds is 8. The average Bonchev–Trinajstić information content (AvgIpc) is 2.27. The van der Waals surface area contributed by atoms with Gasteiger partial charge in [-0.25, -0.2) is 4.39 Å². The SMILES string of the molecule is CCCCCNCC(C)Oc1cc(F)cc(Br)c1. The maximum Gasteiger partial charge on any atom is 0.128 e. The first-order valence-electron chi connectivity index (χ1n) is 6.45. The number of hydrogen-bond donors (Lipinski definition) is 1. The molecule has 1 unspecified atom stereocenters. The Labute approximate surface area is 117 Å². The van der Waals surface area contributed by atoms with Gasteiger partial charge < -0.3 is 10.1 Å². The fourth-order valence-corrected chi connectivity index (χ4v) is 2.12. The van der Waals surface area contributed by atoms with Gasteiger partial charge in [0.1, 0.15) is 17.7 Å². The molecule has 1 atom stereocenters. The zero-order valence-corrected chi connectivity index (χ0v) is 12.6. The van der Waals surface area contributed by atoms with Crippen molar-refractivity contribution in [1.82, 2.24) is 5.32 Å². The molecule has 4 heteroatoms. The van der Waals surface area contributed by atoms with E-state index in [9.17, 15) is 4.39 Å². The highest BCUT2D eigenvalue weighted by molar-refractivity contribution is 9.10. The summed E-state index contributed by atoms with van der Waals surface area (Å²) in [5, 5.41) is 3.34. The lowest BCUT2D eigenvalue weighted by atomic mass is 10.2. The number of nitrogens with one attached hydrogen (secondary N) is 1. The van der Waals surface area contributed by atoms with E-state index in [1.165, 1.54) is 31.4 Å². The van der Waals surface area contributed by atoms with Crippen molar-refractivity contribution >= 4 is 15.9 Å². The summed E-state index contributed by atoms with van der Waals surface area (Å²) in [6, 6.07) is 4.59. The molecule has 0 heterocycles. The van der Waals surface area contributed by atoms with Crippen molar-refractivity contribution in [3.05, 3.63) is 28.5 Å². The van der Waals surface area contributed by atoms with E-state index in [0.717, 1.165) is 13.1 Å². The van der Waals surface area contributed by atoms with Crippen LogP contribution >= 0.6 is 15.9 Å². The molecular weight excluding hydrogens is 297 g/mol. The Morgan fingerprint density at radius 1 is 1.33 bits per heavy atom.